The maximum absolute atomic E-state index is 12.8. The molecule has 0 amide bonds. The molecule has 0 saturated heterocycles. The highest BCUT2D eigenvalue weighted by Crippen LogP contribution is 2.77. The summed E-state index contributed by atoms with van der Waals surface area (Å²) >= 11 is 0. The molecule has 5 saturated carbocycles. The van der Waals surface area contributed by atoms with Gasteiger partial charge >= 0.3 is 5.97 Å². The Balaban J connectivity index is 1.56. The highest BCUT2D eigenvalue weighted by Gasteiger charge is 2.72. The van der Waals surface area contributed by atoms with E-state index in [4.69, 9.17) is 0 Å². The molecule has 0 aromatic rings. The minimum Gasteiger partial charge on any atom is -0.481 e. The summed E-state index contributed by atoms with van der Waals surface area (Å²) < 4.78 is 0. The van der Waals surface area contributed by atoms with Crippen molar-refractivity contribution in [3.05, 3.63) is 12.2 Å². The Morgan fingerprint density at radius 2 is 1.59 bits per heavy atom. The van der Waals surface area contributed by atoms with Crippen LogP contribution in [-0.2, 0) is 4.79 Å². The van der Waals surface area contributed by atoms with Crippen molar-refractivity contribution in [3.63, 3.8) is 0 Å². The van der Waals surface area contributed by atoms with E-state index in [0.717, 1.165) is 64.2 Å². The molecule has 0 aromatic carbocycles. The van der Waals surface area contributed by atoms with Crippen molar-refractivity contribution in [2.75, 3.05) is 6.61 Å². The van der Waals surface area contributed by atoms with Gasteiger partial charge in [0.15, 0.2) is 0 Å². The number of carboxylic acids is 1. The van der Waals surface area contributed by atoms with E-state index in [0.29, 0.717) is 23.7 Å². The van der Waals surface area contributed by atoms with Gasteiger partial charge in [0.05, 0.1) is 18.1 Å². The summed E-state index contributed by atoms with van der Waals surface area (Å²) in [7, 11) is 0. The maximum atomic E-state index is 12.8. The second-order valence-corrected chi connectivity index (χ2v) is 14.4. The Bertz CT molecular complexity index is 883. The predicted octanol–water partition coefficient (Wildman–Crippen LogP) is 6.06. The zero-order chi connectivity index (χ0) is 24.9. The van der Waals surface area contributed by atoms with Gasteiger partial charge < -0.3 is 15.3 Å². The van der Waals surface area contributed by atoms with Crippen LogP contribution in [0.5, 0.6) is 0 Å². The molecule has 3 N–H and O–H groups in total. The minimum absolute atomic E-state index is 0.0568. The quantitative estimate of drug-likeness (QED) is 0.436. The Kier molecular flexibility index (Phi) is 5.52. The van der Waals surface area contributed by atoms with Gasteiger partial charge in [-0.25, -0.2) is 0 Å². The van der Waals surface area contributed by atoms with Gasteiger partial charge in [-0.3, -0.25) is 4.79 Å². The number of allylic oxidation sites excluding steroid dienone is 1. The first kappa shape index (κ1) is 24.8. The molecular weight excluding hydrogens is 424 g/mol. The van der Waals surface area contributed by atoms with E-state index in [2.05, 4.69) is 41.2 Å². The lowest BCUT2D eigenvalue weighted by Crippen LogP contribution is -2.67. The van der Waals surface area contributed by atoms with Crippen LogP contribution in [0.1, 0.15) is 98.8 Å². The Morgan fingerprint density at radius 1 is 0.882 bits per heavy atom. The zero-order valence-corrected chi connectivity index (χ0v) is 22.2. The summed E-state index contributed by atoms with van der Waals surface area (Å²) in [4.78, 5) is 12.8. The van der Waals surface area contributed by atoms with E-state index < -0.39 is 22.9 Å². The van der Waals surface area contributed by atoms with Crippen molar-refractivity contribution in [3.8, 4) is 0 Å². The SMILES string of the molecule is C=C(C)[C@@H]1CC[C@]2(C(=O)O)CC[C@]3(C)[C@@H](CC[C@@H]4[C@@]5(C)CC[C@H](O)[C@@](C)(CO)[C@H]5CC[C@]43C)[C@@H]12. The molecule has 5 rings (SSSR count). The van der Waals surface area contributed by atoms with Gasteiger partial charge in [0.25, 0.3) is 0 Å². The lowest BCUT2D eigenvalue weighted by molar-refractivity contribution is -0.254. The summed E-state index contributed by atoms with van der Waals surface area (Å²) in [6, 6.07) is 0. The normalized spacial score (nSPS) is 56.6. The number of hydrogen-bond donors (Lipinski definition) is 3. The smallest absolute Gasteiger partial charge is 0.309 e. The molecule has 0 radical (unpaired) electrons. The Morgan fingerprint density at radius 3 is 2.21 bits per heavy atom. The molecule has 0 aliphatic heterocycles. The van der Waals surface area contributed by atoms with Crippen molar-refractivity contribution in [1.82, 2.24) is 0 Å². The third-order valence-electron chi connectivity index (χ3n) is 13.6. The van der Waals surface area contributed by atoms with Gasteiger partial charge in [-0.1, -0.05) is 39.8 Å². The number of hydrogen-bond acceptors (Lipinski definition) is 3. The molecule has 0 spiro atoms. The lowest BCUT2D eigenvalue weighted by atomic mass is 9.32. The molecule has 0 unspecified atom stereocenters. The molecule has 5 fully saturated rings. The summed E-state index contributed by atoms with van der Waals surface area (Å²) in [5, 5.41) is 31.8. The average Bonchev–Trinajstić information content (AvgIpc) is 3.18. The molecule has 192 valence electrons. The summed E-state index contributed by atoms with van der Waals surface area (Å²) in [5.74, 6) is 1.30. The van der Waals surface area contributed by atoms with Crippen LogP contribution in [-0.4, -0.2) is 34.0 Å². The highest BCUT2D eigenvalue weighted by molar-refractivity contribution is 5.76. The standard InChI is InChI=1S/C30H48O4/c1-18(2)19-9-14-30(25(33)34)16-15-28(5)20(24(19)30)7-8-22-26(3)12-11-23(32)27(4,17-31)21(26)10-13-29(22,28)6/h19-24,31-32H,1,7-17H2,2-6H3,(H,33,34)/t19-,20-,21-,22+,23-,24+,26-,27-,28+,29+,30-/m0/s1. The van der Waals surface area contributed by atoms with Crippen LogP contribution in [0.25, 0.3) is 0 Å². The number of carboxylic acid groups (broad SMARTS) is 1. The second-order valence-electron chi connectivity index (χ2n) is 14.4. The van der Waals surface area contributed by atoms with Crippen LogP contribution < -0.4 is 0 Å². The van der Waals surface area contributed by atoms with Gasteiger partial charge in [0.2, 0.25) is 0 Å². The predicted molar refractivity (Wildman–Crippen MR) is 134 cm³/mol. The fourth-order valence-electron chi connectivity index (χ4n) is 11.5. The number of carbonyl (C=O) groups is 1. The van der Waals surface area contributed by atoms with Gasteiger partial charge in [-0.05, 0) is 117 Å². The van der Waals surface area contributed by atoms with E-state index in [9.17, 15) is 20.1 Å². The fourth-order valence-corrected chi connectivity index (χ4v) is 11.5. The average molecular weight is 473 g/mol. The number of rotatable bonds is 3. The first-order valence-electron chi connectivity index (χ1n) is 14.0. The molecular formula is C30H48O4. The molecule has 5 aliphatic carbocycles. The lowest BCUT2D eigenvalue weighted by Gasteiger charge is -2.72. The van der Waals surface area contributed by atoms with Crippen LogP contribution in [0.3, 0.4) is 0 Å². The fraction of sp³-hybridized carbons (Fsp3) is 0.900. The molecule has 0 aromatic heterocycles. The number of aliphatic carboxylic acids is 1. The van der Waals surface area contributed by atoms with Gasteiger partial charge in [-0.15, -0.1) is 0 Å². The van der Waals surface area contributed by atoms with E-state index in [1.807, 2.05) is 0 Å². The molecule has 0 heterocycles. The minimum atomic E-state index is -0.567. The van der Waals surface area contributed by atoms with Crippen LogP contribution in [0.4, 0.5) is 0 Å². The van der Waals surface area contributed by atoms with Gasteiger partial charge in [-0.2, -0.15) is 0 Å². The molecule has 0 bridgehead atoms. The van der Waals surface area contributed by atoms with Crippen LogP contribution in [0.2, 0.25) is 0 Å². The maximum Gasteiger partial charge on any atom is 0.309 e. The van der Waals surface area contributed by atoms with Crippen molar-refractivity contribution in [1.29, 1.82) is 0 Å². The van der Waals surface area contributed by atoms with Crippen molar-refractivity contribution in [2.45, 2.75) is 105 Å². The molecule has 11 atom stereocenters. The Labute approximate surface area is 206 Å². The highest BCUT2D eigenvalue weighted by atomic mass is 16.4. The first-order chi connectivity index (χ1) is 15.8. The molecule has 5 aliphatic rings. The number of fused-ring (bicyclic) bond motifs is 7. The topological polar surface area (TPSA) is 77.8 Å². The third kappa shape index (κ3) is 2.76. The van der Waals surface area contributed by atoms with Crippen molar-refractivity contribution < 1.29 is 20.1 Å². The van der Waals surface area contributed by atoms with Crippen LogP contribution >= 0.6 is 0 Å². The summed E-state index contributed by atoms with van der Waals surface area (Å²) in [6.07, 6.45) is 9.43. The molecule has 4 nitrogen and oxygen atoms in total. The summed E-state index contributed by atoms with van der Waals surface area (Å²) in [5.41, 5.74) is 0.586. The van der Waals surface area contributed by atoms with E-state index in [1.165, 1.54) is 5.57 Å². The first-order valence-corrected chi connectivity index (χ1v) is 14.0. The largest absolute Gasteiger partial charge is 0.481 e. The number of aliphatic hydroxyl groups is 2. The Hall–Kier alpha value is -0.870. The van der Waals surface area contributed by atoms with Gasteiger partial charge in [0.1, 0.15) is 0 Å². The van der Waals surface area contributed by atoms with E-state index in [1.54, 1.807) is 0 Å². The molecule has 4 heteroatoms. The van der Waals surface area contributed by atoms with Crippen molar-refractivity contribution in [2.24, 2.45) is 56.7 Å². The zero-order valence-electron chi connectivity index (χ0n) is 22.2. The van der Waals surface area contributed by atoms with E-state index >= 15 is 0 Å². The summed E-state index contributed by atoms with van der Waals surface area (Å²) in [6.45, 7) is 16.2. The van der Waals surface area contributed by atoms with Crippen LogP contribution in [0.15, 0.2) is 12.2 Å². The van der Waals surface area contributed by atoms with Crippen molar-refractivity contribution >= 4 is 5.97 Å². The third-order valence-corrected chi connectivity index (χ3v) is 13.6. The molecule has 34 heavy (non-hydrogen) atoms. The van der Waals surface area contributed by atoms with Gasteiger partial charge in [0, 0.05) is 5.41 Å². The van der Waals surface area contributed by atoms with E-state index in [-0.39, 0.29) is 28.8 Å². The number of aliphatic hydroxyl groups excluding tert-OH is 2. The van der Waals surface area contributed by atoms with Crippen LogP contribution in [0, 0.1) is 56.7 Å². The monoisotopic (exact) mass is 472 g/mol. The second kappa shape index (κ2) is 7.57.